The zero-order valence-electron chi connectivity index (χ0n) is 20.2. The first-order chi connectivity index (χ1) is 16.9. The van der Waals surface area contributed by atoms with E-state index in [1.807, 2.05) is 0 Å². The van der Waals surface area contributed by atoms with Gasteiger partial charge in [-0.3, -0.25) is 0 Å². The predicted molar refractivity (Wildman–Crippen MR) is 125 cm³/mol. The number of hydrogen-bond donors (Lipinski definition) is 2. The third kappa shape index (κ3) is 4.62. The first-order valence-electron chi connectivity index (χ1n) is 11.0. The van der Waals surface area contributed by atoms with Crippen molar-refractivity contribution in [2.24, 2.45) is 15.4 Å². The third-order valence-electron chi connectivity index (χ3n) is 6.34. The van der Waals surface area contributed by atoms with Gasteiger partial charge in [0, 0.05) is 31.2 Å². The van der Waals surface area contributed by atoms with Crippen molar-refractivity contribution in [3.8, 4) is 5.75 Å². The Morgan fingerprint density at radius 1 is 1.19 bits per heavy atom. The molecule has 2 aliphatic heterocycles. The van der Waals surface area contributed by atoms with Crippen LogP contribution in [0, 0.1) is 0 Å². The fourth-order valence-electron chi connectivity index (χ4n) is 4.58. The molecule has 13 heteroatoms. The summed E-state index contributed by atoms with van der Waals surface area (Å²) < 4.78 is 56.7. The number of methoxy groups -OCH3 is 2. The zero-order chi connectivity index (χ0) is 26.3. The van der Waals surface area contributed by atoms with Crippen LogP contribution in [0.2, 0.25) is 0 Å². The maximum atomic E-state index is 13.3. The van der Waals surface area contributed by atoms with E-state index < -0.39 is 35.8 Å². The Labute approximate surface area is 205 Å². The van der Waals surface area contributed by atoms with Gasteiger partial charge in [-0.15, -0.1) is 0 Å². The van der Waals surface area contributed by atoms with E-state index in [-0.39, 0.29) is 11.4 Å². The molecule has 0 spiro atoms. The number of hydrogen-bond acceptors (Lipinski definition) is 9. The number of benzene rings is 2. The highest BCUT2D eigenvalue weighted by atomic mass is 19.4. The topological polar surface area (TPSA) is 114 Å². The van der Waals surface area contributed by atoms with Crippen LogP contribution in [-0.2, 0) is 15.7 Å². The number of fused-ring (bicyclic) bond motifs is 1. The van der Waals surface area contributed by atoms with Gasteiger partial charge in [-0.2, -0.15) is 13.2 Å². The summed E-state index contributed by atoms with van der Waals surface area (Å²) in [6.45, 7) is 1.65. The van der Waals surface area contributed by atoms with Gasteiger partial charge in [0.15, 0.2) is 11.9 Å². The molecule has 2 aromatic rings. The number of rotatable bonds is 7. The summed E-state index contributed by atoms with van der Waals surface area (Å²) in [5.74, 6) is 0.409. The Morgan fingerprint density at radius 2 is 1.86 bits per heavy atom. The molecule has 0 saturated carbocycles. The van der Waals surface area contributed by atoms with Gasteiger partial charge in [0.25, 0.3) is 0 Å². The molecule has 0 amide bonds. The molecule has 2 aromatic carbocycles. The molecule has 0 fully saturated rings. The van der Waals surface area contributed by atoms with Gasteiger partial charge >= 0.3 is 6.18 Å². The van der Waals surface area contributed by atoms with Crippen LogP contribution in [-0.4, -0.2) is 62.1 Å². The highest BCUT2D eigenvalue weighted by Crippen LogP contribution is 2.47. The van der Waals surface area contributed by atoms with Crippen LogP contribution in [0.25, 0.3) is 0 Å². The number of halogens is 3. The Hall–Kier alpha value is -3.26. The largest absolute Gasteiger partial charge is 0.479 e. The molecular weight excluding hydrogens is 481 g/mol. The van der Waals surface area contributed by atoms with Crippen LogP contribution in [0.5, 0.6) is 5.75 Å². The molecule has 0 radical (unpaired) electrons. The number of anilines is 2. The summed E-state index contributed by atoms with van der Waals surface area (Å²) in [6, 6.07) is 8.74. The van der Waals surface area contributed by atoms with E-state index in [9.17, 15) is 18.3 Å². The second kappa shape index (κ2) is 9.32. The number of quaternary nitrogens is 1. The first kappa shape index (κ1) is 25.8. The molecule has 0 aromatic heterocycles. The molecule has 10 nitrogen and oxygen atoms in total. The number of nitrogens with two attached hydrogens (primary N) is 1. The van der Waals surface area contributed by atoms with Crippen molar-refractivity contribution in [1.82, 2.24) is 0 Å². The number of nitrogen functional groups attached to an aromatic ring is 1. The van der Waals surface area contributed by atoms with Crippen LogP contribution in [0.4, 0.5) is 24.5 Å². The van der Waals surface area contributed by atoms with Gasteiger partial charge < -0.3 is 30.0 Å². The average Bonchev–Trinajstić information content (AvgIpc) is 3.26. The number of nitrogens with zero attached hydrogens (tertiary/aromatic N) is 5. The van der Waals surface area contributed by atoms with Crippen molar-refractivity contribution in [3.63, 3.8) is 0 Å². The van der Waals surface area contributed by atoms with Crippen molar-refractivity contribution in [2.75, 3.05) is 38.6 Å². The highest BCUT2D eigenvalue weighted by molar-refractivity contribution is 5.57. The fraction of sp³-hybridized carbons (Fsp3) is 0.435. The van der Waals surface area contributed by atoms with Gasteiger partial charge in [0.05, 0.1) is 16.8 Å². The minimum Gasteiger partial charge on any atom is -0.479 e. The van der Waals surface area contributed by atoms with Gasteiger partial charge in [-0.05, 0) is 59.2 Å². The Morgan fingerprint density at radius 3 is 2.42 bits per heavy atom. The van der Waals surface area contributed by atoms with Crippen LogP contribution in [0.3, 0.4) is 0 Å². The summed E-state index contributed by atoms with van der Waals surface area (Å²) in [6.07, 6.45) is -5.50. The molecule has 36 heavy (non-hydrogen) atoms. The zero-order valence-corrected chi connectivity index (χ0v) is 20.2. The van der Waals surface area contributed by atoms with E-state index in [0.29, 0.717) is 22.7 Å². The van der Waals surface area contributed by atoms with E-state index in [1.165, 1.54) is 32.7 Å². The smallest absolute Gasteiger partial charge is 0.416 e. The SMILES string of the molecule is COC(OC)[C@@]1(C)Oc2ccc(N)cc2[C@@H](N(C[N+]2(C)N=CN=N2)c2ccc(C(F)(F)F)cc2)[C@@H]1O. The predicted octanol–water partition coefficient (Wildman–Crippen LogP) is 3.69. The quantitative estimate of drug-likeness (QED) is 0.334. The van der Waals surface area contributed by atoms with Crippen LogP contribution < -0.4 is 15.4 Å². The molecule has 4 atom stereocenters. The van der Waals surface area contributed by atoms with Crippen molar-refractivity contribution in [2.45, 2.75) is 37.1 Å². The van der Waals surface area contributed by atoms with Crippen molar-refractivity contribution >= 4 is 17.7 Å². The van der Waals surface area contributed by atoms with Gasteiger partial charge in [-0.25, -0.2) is 0 Å². The molecule has 0 saturated heterocycles. The third-order valence-corrected chi connectivity index (χ3v) is 6.34. The summed E-state index contributed by atoms with van der Waals surface area (Å²) in [5, 5.41) is 24.0. The lowest BCUT2D eigenvalue weighted by atomic mass is 9.83. The van der Waals surface area contributed by atoms with Gasteiger partial charge in [0.2, 0.25) is 13.0 Å². The molecule has 0 bridgehead atoms. The molecule has 2 aliphatic rings. The summed E-state index contributed by atoms with van der Waals surface area (Å²) in [5.41, 5.74) is 5.19. The standard InChI is InChI=1S/C23H28F3N6O4/c1-22(21(34-3)35-4)20(33)19(17-11-15(27)7-10-18(17)36-22)31(13-32(2)29-12-28-30-32)16-8-5-14(6-9-16)23(24,25)26/h5-12,19-21,33H,13,27H2,1-4H3/q+1/t19-,20+,22+,32?/m1/s1. The summed E-state index contributed by atoms with van der Waals surface area (Å²) >= 11 is 0. The maximum Gasteiger partial charge on any atom is 0.416 e. The van der Waals surface area contributed by atoms with Gasteiger partial charge in [0.1, 0.15) is 18.9 Å². The second-order valence-corrected chi connectivity index (χ2v) is 8.96. The Balaban J connectivity index is 1.89. The second-order valence-electron chi connectivity index (χ2n) is 8.96. The molecule has 1 unspecified atom stereocenters. The Kier molecular flexibility index (Phi) is 6.68. The average molecular weight is 510 g/mol. The van der Waals surface area contributed by atoms with Crippen LogP contribution >= 0.6 is 0 Å². The fourth-order valence-corrected chi connectivity index (χ4v) is 4.58. The van der Waals surface area contributed by atoms with Crippen LogP contribution in [0.15, 0.2) is 57.9 Å². The lowest BCUT2D eigenvalue weighted by Gasteiger charge is -2.50. The van der Waals surface area contributed by atoms with E-state index in [2.05, 4.69) is 15.4 Å². The first-order valence-corrected chi connectivity index (χ1v) is 11.0. The summed E-state index contributed by atoms with van der Waals surface area (Å²) in [4.78, 5) is 1.70. The van der Waals surface area contributed by atoms with E-state index in [0.717, 1.165) is 12.1 Å². The number of aliphatic hydroxyl groups is 1. The van der Waals surface area contributed by atoms with E-state index in [1.54, 1.807) is 37.1 Å². The van der Waals surface area contributed by atoms with Crippen molar-refractivity contribution < 1.29 is 37.2 Å². The van der Waals surface area contributed by atoms with Crippen LogP contribution in [0.1, 0.15) is 24.1 Å². The number of aliphatic hydroxyl groups excluding tert-OH is 1. The summed E-state index contributed by atoms with van der Waals surface area (Å²) in [7, 11) is 4.51. The maximum absolute atomic E-state index is 13.3. The monoisotopic (exact) mass is 509 g/mol. The minimum absolute atomic E-state index is 0.0159. The van der Waals surface area contributed by atoms with Crippen molar-refractivity contribution in [1.29, 1.82) is 0 Å². The van der Waals surface area contributed by atoms with E-state index in [4.69, 9.17) is 19.9 Å². The van der Waals surface area contributed by atoms with Crippen molar-refractivity contribution in [3.05, 3.63) is 53.6 Å². The molecule has 194 valence electrons. The van der Waals surface area contributed by atoms with Gasteiger partial charge in [-0.1, -0.05) is 5.11 Å². The lowest BCUT2D eigenvalue weighted by molar-refractivity contribution is -0.923. The molecule has 3 N–H and O–H groups in total. The lowest BCUT2D eigenvalue weighted by Crippen LogP contribution is -2.63. The minimum atomic E-state index is -4.50. The normalized spacial score (nSPS) is 27.2. The van der Waals surface area contributed by atoms with E-state index >= 15 is 0 Å². The number of alkyl halides is 3. The number of ether oxygens (including phenoxy) is 3. The molecule has 2 heterocycles. The molecule has 0 aliphatic carbocycles. The molecular formula is C23H28F3N6O4+. The highest BCUT2D eigenvalue weighted by Gasteiger charge is 2.55. The Bertz CT molecular complexity index is 1140. The molecule has 4 rings (SSSR count).